The van der Waals surface area contributed by atoms with E-state index in [0.29, 0.717) is 17.3 Å². The average molecular weight is 363 g/mol. The molecule has 0 saturated carbocycles. The van der Waals surface area contributed by atoms with Crippen molar-refractivity contribution >= 4 is 22.8 Å². The van der Waals surface area contributed by atoms with Crippen LogP contribution in [0.3, 0.4) is 0 Å². The molecule has 0 bridgehead atoms. The highest BCUT2D eigenvalue weighted by Gasteiger charge is 2.27. The van der Waals surface area contributed by atoms with Crippen LogP contribution in [0, 0.1) is 5.92 Å². The van der Waals surface area contributed by atoms with Gasteiger partial charge in [-0.15, -0.1) is 0 Å². The molecule has 26 heavy (non-hydrogen) atoms. The molecule has 0 aliphatic heterocycles. The molecule has 1 aromatic heterocycles. The maximum absolute atomic E-state index is 14.1. The molecule has 2 atom stereocenters. The summed E-state index contributed by atoms with van der Waals surface area (Å²) < 4.78 is 20.3. The Morgan fingerprint density at radius 3 is 2.62 bits per heavy atom. The fraction of sp³-hybridized carbons (Fsp3) is 0.526. The van der Waals surface area contributed by atoms with Crippen LogP contribution in [0.4, 0.5) is 4.39 Å². The SMILES string of the molecule is CCCC(F)Cn1nc(C(=O)N[C@H](C(=O)OC)C(C)C)c2ccccc21. The van der Waals surface area contributed by atoms with Gasteiger partial charge < -0.3 is 10.1 Å². The predicted molar refractivity (Wildman–Crippen MR) is 97.6 cm³/mol. The van der Waals surface area contributed by atoms with Gasteiger partial charge in [0.2, 0.25) is 0 Å². The quantitative estimate of drug-likeness (QED) is 0.732. The zero-order valence-corrected chi connectivity index (χ0v) is 15.7. The minimum absolute atomic E-state index is 0.0895. The second-order valence-electron chi connectivity index (χ2n) is 6.65. The number of halogens is 1. The molecule has 0 spiro atoms. The van der Waals surface area contributed by atoms with Crippen LogP contribution >= 0.6 is 0 Å². The lowest BCUT2D eigenvalue weighted by Gasteiger charge is -2.19. The van der Waals surface area contributed by atoms with E-state index in [0.717, 1.165) is 6.42 Å². The first-order chi connectivity index (χ1) is 12.4. The maximum Gasteiger partial charge on any atom is 0.328 e. The third-order valence-corrected chi connectivity index (χ3v) is 4.25. The summed E-state index contributed by atoms with van der Waals surface area (Å²) in [6.45, 7) is 5.64. The number of hydrogen-bond donors (Lipinski definition) is 1. The summed E-state index contributed by atoms with van der Waals surface area (Å²) in [6, 6.07) is 6.41. The Hall–Kier alpha value is -2.44. The second-order valence-corrected chi connectivity index (χ2v) is 6.65. The molecular weight excluding hydrogens is 337 g/mol. The van der Waals surface area contributed by atoms with Crippen molar-refractivity contribution in [1.29, 1.82) is 0 Å². The van der Waals surface area contributed by atoms with Gasteiger partial charge >= 0.3 is 5.97 Å². The number of methoxy groups -OCH3 is 1. The van der Waals surface area contributed by atoms with Crippen molar-refractivity contribution in [2.75, 3.05) is 7.11 Å². The van der Waals surface area contributed by atoms with Gasteiger partial charge in [0.1, 0.15) is 12.2 Å². The van der Waals surface area contributed by atoms with Gasteiger partial charge in [0.05, 0.1) is 19.2 Å². The van der Waals surface area contributed by atoms with Gasteiger partial charge in [-0.1, -0.05) is 45.4 Å². The van der Waals surface area contributed by atoms with Crippen molar-refractivity contribution < 1.29 is 18.7 Å². The Bertz CT molecular complexity index is 772. The van der Waals surface area contributed by atoms with Gasteiger partial charge in [-0.25, -0.2) is 9.18 Å². The molecule has 0 aliphatic rings. The van der Waals surface area contributed by atoms with Crippen molar-refractivity contribution in [2.45, 2.75) is 52.4 Å². The van der Waals surface area contributed by atoms with Crippen LogP contribution in [-0.2, 0) is 16.1 Å². The summed E-state index contributed by atoms with van der Waals surface area (Å²) in [5.74, 6) is -1.13. The minimum Gasteiger partial charge on any atom is -0.467 e. The smallest absolute Gasteiger partial charge is 0.328 e. The van der Waals surface area contributed by atoms with E-state index in [1.165, 1.54) is 11.8 Å². The van der Waals surface area contributed by atoms with E-state index >= 15 is 0 Å². The number of carbonyl (C=O) groups excluding carboxylic acids is 2. The summed E-state index contributed by atoms with van der Waals surface area (Å²) in [4.78, 5) is 24.6. The number of esters is 1. The van der Waals surface area contributed by atoms with Gasteiger partial charge in [0.15, 0.2) is 5.69 Å². The van der Waals surface area contributed by atoms with Crippen molar-refractivity contribution in [3.8, 4) is 0 Å². The van der Waals surface area contributed by atoms with Gasteiger partial charge in [0, 0.05) is 5.39 Å². The van der Waals surface area contributed by atoms with Gasteiger partial charge in [-0.05, 0) is 18.4 Å². The highest BCUT2D eigenvalue weighted by Crippen LogP contribution is 2.20. The first-order valence-electron chi connectivity index (χ1n) is 8.87. The third-order valence-electron chi connectivity index (χ3n) is 4.25. The largest absolute Gasteiger partial charge is 0.467 e. The van der Waals surface area contributed by atoms with Gasteiger partial charge in [-0.3, -0.25) is 9.48 Å². The summed E-state index contributed by atoms with van der Waals surface area (Å²) in [7, 11) is 1.28. The number of aromatic nitrogens is 2. The van der Waals surface area contributed by atoms with Crippen molar-refractivity contribution in [2.24, 2.45) is 5.92 Å². The van der Waals surface area contributed by atoms with Crippen LogP contribution in [0.5, 0.6) is 0 Å². The number of fused-ring (bicyclic) bond motifs is 1. The Morgan fingerprint density at radius 2 is 2.00 bits per heavy atom. The monoisotopic (exact) mass is 363 g/mol. The molecule has 1 heterocycles. The Morgan fingerprint density at radius 1 is 1.31 bits per heavy atom. The molecule has 0 saturated heterocycles. The van der Waals surface area contributed by atoms with E-state index in [1.54, 1.807) is 18.2 Å². The van der Waals surface area contributed by atoms with E-state index in [4.69, 9.17) is 4.74 Å². The lowest BCUT2D eigenvalue weighted by atomic mass is 10.0. The number of rotatable bonds is 8. The number of amides is 1. The number of alkyl halides is 1. The fourth-order valence-electron chi connectivity index (χ4n) is 2.86. The molecule has 1 amide bonds. The molecule has 142 valence electrons. The number of ether oxygens (including phenoxy) is 1. The Balaban J connectivity index is 2.33. The normalized spacial score (nSPS) is 13.6. The molecule has 0 fully saturated rings. The second kappa shape index (κ2) is 8.78. The zero-order valence-electron chi connectivity index (χ0n) is 15.7. The molecule has 2 aromatic rings. The first kappa shape index (κ1) is 19.9. The molecular formula is C19H26FN3O3. The highest BCUT2D eigenvalue weighted by atomic mass is 19.1. The average Bonchev–Trinajstić information content (AvgIpc) is 2.97. The standard InChI is InChI=1S/C19H26FN3O3/c1-5-8-13(20)11-23-15-10-7-6-9-14(15)17(22-23)18(24)21-16(12(2)3)19(25)26-4/h6-7,9-10,12-13,16H,5,8,11H2,1-4H3,(H,21,24)/t13?,16-/m0/s1. The number of nitrogens with one attached hydrogen (secondary N) is 1. The predicted octanol–water partition coefficient (Wildman–Crippen LogP) is 3.10. The van der Waals surface area contributed by atoms with Crippen LogP contribution < -0.4 is 5.32 Å². The Labute approximate surface area is 152 Å². The molecule has 1 unspecified atom stereocenters. The summed E-state index contributed by atoms with van der Waals surface area (Å²) in [6.07, 6.45) is 0.147. The van der Waals surface area contributed by atoms with E-state index in [1.807, 2.05) is 26.8 Å². The number of carbonyl (C=O) groups is 2. The molecule has 2 rings (SSSR count). The molecule has 6 nitrogen and oxygen atoms in total. The first-order valence-corrected chi connectivity index (χ1v) is 8.87. The van der Waals surface area contributed by atoms with E-state index in [9.17, 15) is 14.0 Å². The lowest BCUT2D eigenvalue weighted by Crippen LogP contribution is -2.45. The van der Waals surface area contributed by atoms with E-state index < -0.39 is 24.1 Å². The van der Waals surface area contributed by atoms with Crippen molar-refractivity contribution in [3.05, 3.63) is 30.0 Å². The van der Waals surface area contributed by atoms with Crippen LogP contribution in [0.2, 0.25) is 0 Å². The number of hydrogen-bond acceptors (Lipinski definition) is 4. The number of benzene rings is 1. The highest BCUT2D eigenvalue weighted by molar-refractivity contribution is 6.06. The van der Waals surface area contributed by atoms with E-state index in [-0.39, 0.29) is 18.2 Å². The Kier molecular flexibility index (Phi) is 6.71. The van der Waals surface area contributed by atoms with Crippen LogP contribution in [-0.4, -0.2) is 41.0 Å². The van der Waals surface area contributed by atoms with Crippen molar-refractivity contribution in [1.82, 2.24) is 15.1 Å². The van der Waals surface area contributed by atoms with Crippen molar-refractivity contribution in [3.63, 3.8) is 0 Å². The van der Waals surface area contributed by atoms with Crippen LogP contribution in [0.25, 0.3) is 10.9 Å². The molecule has 7 heteroatoms. The van der Waals surface area contributed by atoms with Crippen LogP contribution in [0.1, 0.15) is 44.1 Å². The topological polar surface area (TPSA) is 73.2 Å². The molecule has 0 radical (unpaired) electrons. The zero-order chi connectivity index (χ0) is 19.3. The summed E-state index contributed by atoms with van der Waals surface area (Å²) in [5, 5.41) is 7.63. The number of para-hydroxylation sites is 1. The van der Waals surface area contributed by atoms with Gasteiger partial charge in [-0.2, -0.15) is 5.10 Å². The lowest BCUT2D eigenvalue weighted by molar-refractivity contribution is -0.144. The molecule has 1 aromatic carbocycles. The number of nitrogens with zero attached hydrogens (tertiary/aromatic N) is 2. The van der Waals surface area contributed by atoms with Crippen LogP contribution in [0.15, 0.2) is 24.3 Å². The fourth-order valence-corrected chi connectivity index (χ4v) is 2.86. The molecule has 1 N–H and O–H groups in total. The van der Waals surface area contributed by atoms with E-state index in [2.05, 4.69) is 10.4 Å². The maximum atomic E-state index is 14.1. The third kappa shape index (κ3) is 4.39. The minimum atomic E-state index is -1.03. The summed E-state index contributed by atoms with van der Waals surface area (Å²) >= 11 is 0. The molecule has 0 aliphatic carbocycles. The summed E-state index contributed by atoms with van der Waals surface area (Å²) in [5.41, 5.74) is 0.870. The van der Waals surface area contributed by atoms with Gasteiger partial charge in [0.25, 0.3) is 5.91 Å².